The molecule has 0 aromatic heterocycles. The van der Waals surface area contributed by atoms with E-state index in [4.69, 9.17) is 0 Å². The normalized spacial score (nSPS) is 22.5. The number of alkyl halides is 3. The van der Waals surface area contributed by atoms with Gasteiger partial charge in [-0.15, -0.1) is 0 Å². The highest BCUT2D eigenvalue weighted by molar-refractivity contribution is 5.68. The number of carbonyl (C=O) groups excluding carboxylic acids is 1. The van der Waals surface area contributed by atoms with Crippen LogP contribution in [0.25, 0.3) is 0 Å². The molecule has 3 aliphatic rings. The SMILES string of the molecule is Cc1cc(CN2CCCC23CCN(C(=O)OC(C)C(F)(F)F)CC3)cc(N2CCCC2)c1. The van der Waals surface area contributed by atoms with E-state index >= 15 is 0 Å². The molecule has 0 aliphatic carbocycles. The zero-order valence-corrected chi connectivity index (χ0v) is 19.1. The second-order valence-electron chi connectivity index (χ2n) is 9.68. The van der Waals surface area contributed by atoms with Crippen LogP contribution in [0, 0.1) is 6.92 Å². The maximum absolute atomic E-state index is 12.7. The van der Waals surface area contributed by atoms with Crippen LogP contribution in [0.3, 0.4) is 0 Å². The van der Waals surface area contributed by atoms with Crippen LogP contribution < -0.4 is 4.90 Å². The first-order valence-corrected chi connectivity index (χ1v) is 11.8. The summed E-state index contributed by atoms with van der Waals surface area (Å²) in [6.07, 6.45) is -1.25. The number of piperidine rings is 1. The largest absolute Gasteiger partial charge is 0.437 e. The summed E-state index contributed by atoms with van der Waals surface area (Å²) in [6, 6.07) is 6.84. The lowest BCUT2D eigenvalue weighted by Gasteiger charge is -2.45. The average molecular weight is 454 g/mol. The Morgan fingerprint density at radius 3 is 2.38 bits per heavy atom. The number of aryl methyl sites for hydroxylation is 1. The van der Waals surface area contributed by atoms with E-state index in [-0.39, 0.29) is 5.54 Å². The minimum atomic E-state index is -4.53. The summed E-state index contributed by atoms with van der Waals surface area (Å²) in [7, 11) is 0. The number of likely N-dealkylation sites (tertiary alicyclic amines) is 2. The quantitative estimate of drug-likeness (QED) is 0.635. The van der Waals surface area contributed by atoms with Crippen molar-refractivity contribution in [3.05, 3.63) is 29.3 Å². The van der Waals surface area contributed by atoms with Crippen LogP contribution >= 0.6 is 0 Å². The number of amides is 1. The Balaban J connectivity index is 1.39. The molecule has 0 radical (unpaired) electrons. The van der Waals surface area contributed by atoms with Gasteiger partial charge in [-0.25, -0.2) is 4.79 Å². The summed E-state index contributed by atoms with van der Waals surface area (Å²) in [5, 5.41) is 0. The van der Waals surface area contributed by atoms with E-state index in [1.54, 1.807) is 0 Å². The van der Waals surface area contributed by atoms with Gasteiger partial charge in [-0.05, 0) is 82.2 Å². The lowest BCUT2D eigenvalue weighted by molar-refractivity contribution is -0.200. The number of hydrogen-bond acceptors (Lipinski definition) is 4. The summed E-state index contributed by atoms with van der Waals surface area (Å²) in [5.41, 5.74) is 3.91. The fourth-order valence-corrected chi connectivity index (χ4v) is 5.52. The third-order valence-electron chi connectivity index (χ3n) is 7.40. The number of nitrogens with zero attached hydrogens (tertiary/aromatic N) is 3. The Morgan fingerprint density at radius 2 is 1.72 bits per heavy atom. The molecule has 3 fully saturated rings. The zero-order chi connectivity index (χ0) is 22.9. The van der Waals surface area contributed by atoms with Gasteiger partial charge in [0, 0.05) is 44.0 Å². The standard InChI is InChI=1S/C24H34F3N3O2/c1-18-14-20(16-21(15-18)28-9-3-4-10-28)17-30-11-5-6-23(30)7-12-29(13-8-23)22(31)32-19(2)24(25,26)27/h14-16,19H,3-13,17H2,1-2H3. The molecule has 0 bridgehead atoms. The highest BCUT2D eigenvalue weighted by atomic mass is 19.4. The Hall–Kier alpha value is -1.96. The molecule has 1 spiro atoms. The molecule has 1 unspecified atom stereocenters. The van der Waals surface area contributed by atoms with Crippen molar-refractivity contribution >= 4 is 11.8 Å². The predicted octanol–water partition coefficient (Wildman–Crippen LogP) is 5.11. The first-order chi connectivity index (χ1) is 15.2. The monoisotopic (exact) mass is 453 g/mol. The van der Waals surface area contributed by atoms with Crippen molar-refractivity contribution in [1.82, 2.24) is 9.80 Å². The van der Waals surface area contributed by atoms with Crippen LogP contribution in [0.1, 0.15) is 56.6 Å². The summed E-state index contributed by atoms with van der Waals surface area (Å²) in [5.74, 6) is 0. The van der Waals surface area contributed by atoms with Crippen molar-refractivity contribution in [3.8, 4) is 0 Å². The van der Waals surface area contributed by atoms with E-state index < -0.39 is 18.4 Å². The Labute approximate surface area is 188 Å². The van der Waals surface area contributed by atoms with E-state index in [0.29, 0.717) is 13.1 Å². The number of halogens is 3. The molecule has 3 saturated heterocycles. The van der Waals surface area contributed by atoms with Crippen LogP contribution in [-0.2, 0) is 11.3 Å². The molecular weight excluding hydrogens is 419 g/mol. The summed E-state index contributed by atoms with van der Waals surface area (Å²) >= 11 is 0. The molecule has 1 amide bonds. The number of benzene rings is 1. The van der Waals surface area contributed by atoms with E-state index in [9.17, 15) is 18.0 Å². The molecule has 4 rings (SSSR count). The number of anilines is 1. The number of hydrogen-bond donors (Lipinski definition) is 0. The van der Waals surface area contributed by atoms with E-state index in [2.05, 4.69) is 39.7 Å². The molecule has 32 heavy (non-hydrogen) atoms. The Kier molecular flexibility index (Phi) is 6.61. The summed E-state index contributed by atoms with van der Waals surface area (Å²) in [6.45, 7) is 8.03. The lowest BCUT2D eigenvalue weighted by atomic mass is 9.85. The van der Waals surface area contributed by atoms with Gasteiger partial charge in [0.2, 0.25) is 0 Å². The lowest BCUT2D eigenvalue weighted by Crippen LogP contribution is -2.53. The molecule has 1 aromatic carbocycles. The fourth-order valence-electron chi connectivity index (χ4n) is 5.52. The molecule has 0 N–H and O–H groups in total. The average Bonchev–Trinajstić information content (AvgIpc) is 3.39. The van der Waals surface area contributed by atoms with Crippen molar-refractivity contribution in [2.24, 2.45) is 0 Å². The van der Waals surface area contributed by atoms with Gasteiger partial charge < -0.3 is 14.5 Å². The molecule has 3 heterocycles. The van der Waals surface area contributed by atoms with Crippen molar-refractivity contribution in [2.45, 2.75) is 76.7 Å². The van der Waals surface area contributed by atoms with Gasteiger partial charge in [-0.1, -0.05) is 6.07 Å². The third kappa shape index (κ3) is 5.00. The molecule has 1 aromatic rings. The smallest absolute Gasteiger partial charge is 0.425 e. The number of rotatable bonds is 4. The molecule has 178 valence electrons. The maximum Gasteiger partial charge on any atom is 0.425 e. The van der Waals surface area contributed by atoms with E-state index in [1.165, 1.54) is 34.6 Å². The van der Waals surface area contributed by atoms with E-state index in [0.717, 1.165) is 58.8 Å². The Morgan fingerprint density at radius 1 is 1.03 bits per heavy atom. The summed E-state index contributed by atoms with van der Waals surface area (Å²) in [4.78, 5) is 18.6. The minimum Gasteiger partial charge on any atom is -0.437 e. The molecule has 5 nitrogen and oxygen atoms in total. The van der Waals surface area contributed by atoms with Gasteiger partial charge in [0.05, 0.1) is 0 Å². The van der Waals surface area contributed by atoms with E-state index in [1.807, 2.05) is 0 Å². The van der Waals surface area contributed by atoms with Crippen LogP contribution in [0.4, 0.5) is 23.7 Å². The van der Waals surface area contributed by atoms with Crippen LogP contribution in [0.2, 0.25) is 0 Å². The molecule has 3 aliphatic heterocycles. The zero-order valence-electron chi connectivity index (χ0n) is 19.1. The molecular formula is C24H34F3N3O2. The Bertz CT molecular complexity index is 815. The fraction of sp³-hybridized carbons (Fsp3) is 0.708. The first kappa shape index (κ1) is 23.2. The van der Waals surface area contributed by atoms with Gasteiger partial charge in [-0.3, -0.25) is 4.90 Å². The molecule has 8 heteroatoms. The second-order valence-corrected chi connectivity index (χ2v) is 9.68. The van der Waals surface area contributed by atoms with Crippen molar-refractivity contribution in [1.29, 1.82) is 0 Å². The topological polar surface area (TPSA) is 36.0 Å². The van der Waals surface area contributed by atoms with Gasteiger partial charge in [0.25, 0.3) is 0 Å². The van der Waals surface area contributed by atoms with Gasteiger partial charge in [0.1, 0.15) is 0 Å². The molecule has 1 atom stereocenters. The van der Waals surface area contributed by atoms with Crippen molar-refractivity contribution in [2.75, 3.05) is 37.6 Å². The summed E-state index contributed by atoms with van der Waals surface area (Å²) < 4.78 is 42.8. The third-order valence-corrected chi connectivity index (χ3v) is 7.40. The number of carbonyl (C=O) groups is 1. The van der Waals surface area contributed by atoms with Crippen LogP contribution in [0.15, 0.2) is 18.2 Å². The number of ether oxygens (including phenoxy) is 1. The maximum atomic E-state index is 12.7. The molecule has 0 saturated carbocycles. The highest BCUT2D eigenvalue weighted by Gasteiger charge is 2.45. The van der Waals surface area contributed by atoms with Gasteiger partial charge in [0.15, 0.2) is 6.10 Å². The second kappa shape index (κ2) is 9.12. The van der Waals surface area contributed by atoms with Crippen molar-refractivity contribution < 1.29 is 22.7 Å². The van der Waals surface area contributed by atoms with Crippen LogP contribution in [0.5, 0.6) is 0 Å². The van der Waals surface area contributed by atoms with Gasteiger partial charge >= 0.3 is 12.3 Å². The minimum absolute atomic E-state index is 0.0178. The van der Waals surface area contributed by atoms with Crippen molar-refractivity contribution in [3.63, 3.8) is 0 Å². The van der Waals surface area contributed by atoms with Gasteiger partial charge in [-0.2, -0.15) is 13.2 Å². The van der Waals surface area contributed by atoms with Crippen LogP contribution in [-0.4, -0.2) is 66.4 Å². The highest BCUT2D eigenvalue weighted by Crippen LogP contribution is 2.40. The first-order valence-electron chi connectivity index (χ1n) is 11.8. The predicted molar refractivity (Wildman–Crippen MR) is 118 cm³/mol.